The predicted molar refractivity (Wildman–Crippen MR) is 122 cm³/mol. The Hall–Kier alpha value is -2.64. The Kier molecular flexibility index (Phi) is 7.87. The molecule has 0 bridgehead atoms. The summed E-state index contributed by atoms with van der Waals surface area (Å²) in [7, 11) is 1.59. The Labute approximate surface area is 190 Å². The summed E-state index contributed by atoms with van der Waals surface area (Å²) in [4.78, 5) is 27.4. The zero-order chi connectivity index (χ0) is 22.4. The molecule has 6 nitrogen and oxygen atoms in total. The molecule has 7 heteroatoms. The first kappa shape index (κ1) is 23.0. The highest BCUT2D eigenvalue weighted by atomic mass is 79.9. The molecule has 0 aromatic heterocycles. The third-order valence-electron chi connectivity index (χ3n) is 5.05. The SMILES string of the molecule is CCCOc1cccc(C(O)=C2C(=O)C(=O)N(CCCOC)C2c2ccc(Br)cc2)c1. The van der Waals surface area contributed by atoms with Crippen LogP contribution in [0.25, 0.3) is 5.76 Å². The van der Waals surface area contributed by atoms with E-state index in [9.17, 15) is 14.7 Å². The minimum absolute atomic E-state index is 0.0809. The van der Waals surface area contributed by atoms with Crippen LogP contribution in [0.5, 0.6) is 5.75 Å². The number of hydrogen-bond acceptors (Lipinski definition) is 5. The van der Waals surface area contributed by atoms with Gasteiger partial charge in [-0.15, -0.1) is 0 Å². The Morgan fingerprint density at radius 3 is 2.55 bits per heavy atom. The van der Waals surface area contributed by atoms with Gasteiger partial charge in [-0.2, -0.15) is 0 Å². The molecule has 3 rings (SSSR count). The molecule has 1 fully saturated rings. The van der Waals surface area contributed by atoms with E-state index in [0.717, 1.165) is 16.5 Å². The van der Waals surface area contributed by atoms with Crippen molar-refractivity contribution in [1.29, 1.82) is 0 Å². The quantitative estimate of drug-likeness (QED) is 0.240. The summed E-state index contributed by atoms with van der Waals surface area (Å²) in [6, 6.07) is 13.6. The van der Waals surface area contributed by atoms with E-state index in [-0.39, 0.29) is 11.3 Å². The van der Waals surface area contributed by atoms with E-state index in [1.54, 1.807) is 31.4 Å². The first-order valence-corrected chi connectivity index (χ1v) is 11.0. The smallest absolute Gasteiger partial charge is 0.295 e. The normalized spacial score (nSPS) is 17.9. The fourth-order valence-electron chi connectivity index (χ4n) is 3.59. The van der Waals surface area contributed by atoms with E-state index in [1.165, 1.54) is 4.90 Å². The van der Waals surface area contributed by atoms with E-state index < -0.39 is 17.7 Å². The number of Topliss-reactive ketones (excluding diaryl/α,β-unsaturated/α-hetero) is 1. The fraction of sp³-hybridized carbons (Fsp3) is 0.333. The van der Waals surface area contributed by atoms with E-state index in [0.29, 0.717) is 37.5 Å². The molecule has 1 N–H and O–H groups in total. The van der Waals surface area contributed by atoms with Gasteiger partial charge in [-0.05, 0) is 42.7 Å². The molecule has 1 amide bonds. The molecule has 31 heavy (non-hydrogen) atoms. The lowest BCUT2D eigenvalue weighted by molar-refractivity contribution is -0.140. The Balaban J connectivity index is 2.07. The van der Waals surface area contributed by atoms with Crippen molar-refractivity contribution in [3.63, 3.8) is 0 Å². The molecule has 0 aliphatic carbocycles. The molecule has 1 aliphatic heterocycles. The van der Waals surface area contributed by atoms with Crippen LogP contribution in [-0.4, -0.2) is 48.6 Å². The van der Waals surface area contributed by atoms with Crippen molar-refractivity contribution in [1.82, 2.24) is 4.90 Å². The number of halogens is 1. The van der Waals surface area contributed by atoms with Gasteiger partial charge in [0.1, 0.15) is 11.5 Å². The largest absolute Gasteiger partial charge is 0.507 e. The van der Waals surface area contributed by atoms with Gasteiger partial charge >= 0.3 is 0 Å². The summed E-state index contributed by atoms with van der Waals surface area (Å²) >= 11 is 3.41. The van der Waals surface area contributed by atoms with Gasteiger partial charge in [0.15, 0.2) is 0 Å². The van der Waals surface area contributed by atoms with Crippen molar-refractivity contribution < 1.29 is 24.2 Å². The molecule has 164 valence electrons. The van der Waals surface area contributed by atoms with Crippen LogP contribution in [-0.2, 0) is 14.3 Å². The maximum Gasteiger partial charge on any atom is 0.295 e. The summed E-state index contributed by atoms with van der Waals surface area (Å²) in [6.45, 7) is 3.36. The van der Waals surface area contributed by atoms with Crippen molar-refractivity contribution in [2.45, 2.75) is 25.8 Å². The fourth-order valence-corrected chi connectivity index (χ4v) is 3.85. The average molecular weight is 488 g/mol. The molecule has 1 heterocycles. The number of likely N-dealkylation sites (tertiary alicyclic amines) is 1. The van der Waals surface area contributed by atoms with E-state index >= 15 is 0 Å². The van der Waals surface area contributed by atoms with Crippen molar-refractivity contribution in [3.05, 3.63) is 69.7 Å². The average Bonchev–Trinajstić information content (AvgIpc) is 3.03. The molecule has 0 spiro atoms. The van der Waals surface area contributed by atoms with Gasteiger partial charge < -0.3 is 19.5 Å². The maximum absolute atomic E-state index is 13.0. The van der Waals surface area contributed by atoms with E-state index in [1.807, 2.05) is 31.2 Å². The number of methoxy groups -OCH3 is 1. The molecule has 0 saturated carbocycles. The minimum Gasteiger partial charge on any atom is -0.507 e. The summed E-state index contributed by atoms with van der Waals surface area (Å²) in [6.07, 6.45) is 1.43. The third-order valence-corrected chi connectivity index (χ3v) is 5.58. The first-order chi connectivity index (χ1) is 15.0. The summed E-state index contributed by atoms with van der Waals surface area (Å²) < 4.78 is 11.6. The maximum atomic E-state index is 13.0. The van der Waals surface area contributed by atoms with Crippen LogP contribution in [0.4, 0.5) is 0 Å². The first-order valence-electron chi connectivity index (χ1n) is 10.2. The van der Waals surface area contributed by atoms with Crippen LogP contribution in [0.15, 0.2) is 58.6 Å². The number of carbonyl (C=O) groups excluding carboxylic acids is 2. The molecule has 0 radical (unpaired) electrons. The number of aliphatic hydroxyl groups is 1. The molecule has 2 aromatic rings. The van der Waals surface area contributed by atoms with Crippen LogP contribution < -0.4 is 4.74 Å². The molecule has 1 aliphatic rings. The second-order valence-corrected chi connectivity index (χ2v) is 8.18. The summed E-state index contributed by atoms with van der Waals surface area (Å²) in [5.41, 5.74) is 1.27. The molecular formula is C24H26BrNO5. The third kappa shape index (κ3) is 5.17. The van der Waals surface area contributed by atoms with Crippen molar-refractivity contribution in [3.8, 4) is 5.75 Å². The van der Waals surface area contributed by atoms with Gasteiger partial charge in [-0.1, -0.05) is 47.1 Å². The van der Waals surface area contributed by atoms with Crippen LogP contribution in [0.2, 0.25) is 0 Å². The summed E-state index contributed by atoms with van der Waals surface area (Å²) in [5.74, 6) is -0.922. The highest BCUT2D eigenvalue weighted by Gasteiger charge is 2.45. The van der Waals surface area contributed by atoms with Gasteiger partial charge in [0.25, 0.3) is 11.7 Å². The number of ketones is 1. The molecule has 1 saturated heterocycles. The summed E-state index contributed by atoms with van der Waals surface area (Å²) in [5, 5.41) is 11.1. The lowest BCUT2D eigenvalue weighted by Gasteiger charge is -2.25. The topological polar surface area (TPSA) is 76.1 Å². The van der Waals surface area contributed by atoms with Crippen LogP contribution in [0.1, 0.15) is 36.9 Å². The molecule has 2 aromatic carbocycles. The number of carbonyl (C=O) groups is 2. The van der Waals surface area contributed by atoms with E-state index in [4.69, 9.17) is 9.47 Å². The van der Waals surface area contributed by atoms with Crippen LogP contribution in [0, 0.1) is 0 Å². The lowest BCUT2D eigenvalue weighted by Crippen LogP contribution is -2.31. The van der Waals surface area contributed by atoms with Crippen LogP contribution in [0.3, 0.4) is 0 Å². The van der Waals surface area contributed by atoms with Gasteiger partial charge in [0.05, 0.1) is 18.2 Å². The Morgan fingerprint density at radius 2 is 1.87 bits per heavy atom. The van der Waals surface area contributed by atoms with Gasteiger partial charge in [0, 0.05) is 30.3 Å². The highest BCUT2D eigenvalue weighted by Crippen LogP contribution is 2.40. The van der Waals surface area contributed by atoms with Gasteiger partial charge in [0.2, 0.25) is 0 Å². The van der Waals surface area contributed by atoms with Crippen molar-refractivity contribution in [2.75, 3.05) is 26.9 Å². The van der Waals surface area contributed by atoms with Crippen LogP contribution >= 0.6 is 15.9 Å². The van der Waals surface area contributed by atoms with E-state index in [2.05, 4.69) is 15.9 Å². The second kappa shape index (κ2) is 10.6. The van der Waals surface area contributed by atoms with Gasteiger partial charge in [-0.3, -0.25) is 9.59 Å². The van der Waals surface area contributed by atoms with Gasteiger partial charge in [-0.25, -0.2) is 0 Å². The number of rotatable bonds is 9. The Bertz CT molecular complexity index is 970. The number of aliphatic hydroxyl groups excluding tert-OH is 1. The zero-order valence-corrected chi connectivity index (χ0v) is 19.2. The zero-order valence-electron chi connectivity index (χ0n) is 17.6. The minimum atomic E-state index is -0.692. The monoisotopic (exact) mass is 487 g/mol. The lowest BCUT2D eigenvalue weighted by atomic mass is 9.95. The number of hydrogen-bond donors (Lipinski definition) is 1. The molecular weight excluding hydrogens is 462 g/mol. The molecule has 1 atom stereocenters. The Morgan fingerprint density at radius 1 is 1.13 bits per heavy atom. The van der Waals surface area contributed by atoms with Crippen molar-refractivity contribution >= 4 is 33.4 Å². The predicted octanol–water partition coefficient (Wildman–Crippen LogP) is 4.70. The standard InChI is InChI=1S/C24H26BrNO5/c1-3-13-31-19-7-4-6-17(15-19)22(27)20-21(16-8-10-18(25)11-9-16)26(12-5-14-30-2)24(29)23(20)28/h4,6-11,15,21,27H,3,5,12-14H2,1-2H3. The number of ether oxygens (including phenoxy) is 2. The van der Waals surface area contributed by atoms with Crippen molar-refractivity contribution in [2.24, 2.45) is 0 Å². The second-order valence-electron chi connectivity index (χ2n) is 7.27. The number of benzene rings is 2. The number of amides is 1. The number of nitrogens with zero attached hydrogens (tertiary/aromatic N) is 1. The highest BCUT2D eigenvalue weighted by molar-refractivity contribution is 9.10. The molecule has 1 unspecified atom stereocenters.